The van der Waals surface area contributed by atoms with Crippen LogP contribution in [0.15, 0.2) is 29.0 Å². The third kappa shape index (κ3) is 4.28. The molecular weight excluding hydrogens is 332 g/mol. The van der Waals surface area contributed by atoms with Crippen LogP contribution in [0, 0.1) is 0 Å². The molecule has 0 saturated heterocycles. The highest BCUT2D eigenvalue weighted by Crippen LogP contribution is 2.24. The summed E-state index contributed by atoms with van der Waals surface area (Å²) in [4.78, 5) is 0. The summed E-state index contributed by atoms with van der Waals surface area (Å²) in [6, 6.07) is 6.21. The van der Waals surface area contributed by atoms with E-state index in [0.29, 0.717) is 6.54 Å². The molecule has 0 spiro atoms. The number of benzene rings is 1. The molecule has 21 heavy (non-hydrogen) atoms. The van der Waals surface area contributed by atoms with Crippen molar-refractivity contribution in [2.75, 3.05) is 6.61 Å². The topological polar surface area (TPSA) is 52.0 Å². The van der Waals surface area contributed by atoms with E-state index in [4.69, 9.17) is 4.74 Å². The first-order chi connectivity index (χ1) is 10.1. The van der Waals surface area contributed by atoms with Crippen LogP contribution in [0.3, 0.4) is 0 Å². The quantitative estimate of drug-likeness (QED) is 0.831. The van der Waals surface area contributed by atoms with Crippen LogP contribution in [0.4, 0.5) is 0 Å². The maximum Gasteiger partial charge on any atom is 0.149 e. The molecule has 0 radical (unpaired) electrons. The highest BCUT2D eigenvalue weighted by Gasteiger charge is 2.12. The molecule has 2 rings (SSSR count). The number of nitrogens with one attached hydrogen (secondary N) is 1. The Bertz CT molecular complexity index is 585. The van der Waals surface area contributed by atoms with Gasteiger partial charge in [-0.1, -0.05) is 22.9 Å². The molecule has 0 bridgehead atoms. The molecule has 2 aromatic rings. The molecule has 114 valence electrons. The third-order valence-electron chi connectivity index (χ3n) is 3.22. The number of rotatable bonds is 7. The molecule has 1 unspecified atom stereocenters. The fourth-order valence-electron chi connectivity index (χ4n) is 2.08. The van der Waals surface area contributed by atoms with Crippen LogP contribution in [-0.2, 0) is 13.6 Å². The van der Waals surface area contributed by atoms with Crippen molar-refractivity contribution in [3.05, 3.63) is 40.4 Å². The Balaban J connectivity index is 2.05. The van der Waals surface area contributed by atoms with Gasteiger partial charge in [-0.2, -0.15) is 0 Å². The van der Waals surface area contributed by atoms with Gasteiger partial charge >= 0.3 is 0 Å². The van der Waals surface area contributed by atoms with Gasteiger partial charge in [0.1, 0.15) is 17.9 Å². The van der Waals surface area contributed by atoms with Gasteiger partial charge in [-0.05, 0) is 31.5 Å². The standard InChI is InChI=1S/C15H21BrN4O/c1-4-7-21-14-6-5-13(16)8-12(14)9-17-11(2)15-19-18-10-20(15)3/h5-6,8,10-11,17H,4,7,9H2,1-3H3. The van der Waals surface area contributed by atoms with Crippen LogP contribution in [0.2, 0.25) is 0 Å². The summed E-state index contributed by atoms with van der Waals surface area (Å²) in [5, 5.41) is 11.5. The third-order valence-corrected chi connectivity index (χ3v) is 3.71. The van der Waals surface area contributed by atoms with Crippen molar-refractivity contribution in [3.63, 3.8) is 0 Å². The summed E-state index contributed by atoms with van der Waals surface area (Å²) in [7, 11) is 1.95. The lowest BCUT2D eigenvalue weighted by atomic mass is 10.2. The van der Waals surface area contributed by atoms with E-state index in [0.717, 1.165) is 34.6 Å². The van der Waals surface area contributed by atoms with Gasteiger partial charge in [0.15, 0.2) is 0 Å². The second kappa shape index (κ2) is 7.56. The first-order valence-corrected chi connectivity index (χ1v) is 7.89. The van der Waals surface area contributed by atoms with Gasteiger partial charge in [0.05, 0.1) is 12.6 Å². The van der Waals surface area contributed by atoms with Crippen LogP contribution in [0.5, 0.6) is 5.75 Å². The van der Waals surface area contributed by atoms with Crippen molar-refractivity contribution >= 4 is 15.9 Å². The Morgan fingerprint density at radius 2 is 2.24 bits per heavy atom. The van der Waals surface area contributed by atoms with Gasteiger partial charge in [0.25, 0.3) is 0 Å². The predicted octanol–water partition coefficient (Wildman–Crippen LogP) is 3.22. The molecule has 0 aliphatic heterocycles. The molecule has 6 heteroatoms. The van der Waals surface area contributed by atoms with Crippen LogP contribution >= 0.6 is 15.9 Å². The number of hydrogen-bond acceptors (Lipinski definition) is 4. The van der Waals surface area contributed by atoms with E-state index in [9.17, 15) is 0 Å². The smallest absolute Gasteiger partial charge is 0.149 e. The maximum absolute atomic E-state index is 5.79. The maximum atomic E-state index is 5.79. The molecule has 1 heterocycles. The first-order valence-electron chi connectivity index (χ1n) is 7.10. The monoisotopic (exact) mass is 352 g/mol. The molecule has 1 aromatic carbocycles. The molecule has 1 aromatic heterocycles. The van der Waals surface area contributed by atoms with Crippen molar-refractivity contribution in [2.24, 2.45) is 7.05 Å². The Morgan fingerprint density at radius 3 is 2.90 bits per heavy atom. The summed E-state index contributed by atoms with van der Waals surface area (Å²) >= 11 is 3.51. The average molecular weight is 353 g/mol. The minimum absolute atomic E-state index is 0.121. The molecule has 5 nitrogen and oxygen atoms in total. The Kier molecular flexibility index (Phi) is 5.76. The Hall–Kier alpha value is -1.40. The summed E-state index contributed by atoms with van der Waals surface area (Å²) < 4.78 is 8.77. The van der Waals surface area contributed by atoms with Crippen LogP contribution < -0.4 is 10.1 Å². The molecule has 1 atom stereocenters. The summed E-state index contributed by atoms with van der Waals surface area (Å²) in [5.74, 6) is 1.85. The second-order valence-electron chi connectivity index (χ2n) is 5.00. The molecule has 0 aliphatic carbocycles. The minimum atomic E-state index is 0.121. The summed E-state index contributed by atoms with van der Waals surface area (Å²) in [6.45, 7) is 5.63. The van der Waals surface area contributed by atoms with Gasteiger partial charge in [-0.3, -0.25) is 0 Å². The molecule has 1 N–H and O–H groups in total. The lowest BCUT2D eigenvalue weighted by molar-refractivity contribution is 0.312. The number of ether oxygens (including phenoxy) is 1. The second-order valence-corrected chi connectivity index (χ2v) is 5.92. The lowest BCUT2D eigenvalue weighted by Crippen LogP contribution is -2.21. The molecule has 0 fully saturated rings. The van der Waals surface area contributed by atoms with Gasteiger partial charge in [-0.25, -0.2) is 0 Å². The fraction of sp³-hybridized carbons (Fsp3) is 0.467. The predicted molar refractivity (Wildman–Crippen MR) is 86.2 cm³/mol. The normalized spacial score (nSPS) is 12.4. The number of halogens is 1. The van der Waals surface area contributed by atoms with E-state index >= 15 is 0 Å². The van der Waals surface area contributed by atoms with Crippen LogP contribution in [0.1, 0.15) is 37.7 Å². The Labute approximate surface area is 133 Å². The van der Waals surface area contributed by atoms with Gasteiger partial charge in [0, 0.05) is 23.6 Å². The average Bonchev–Trinajstić information content (AvgIpc) is 2.90. The molecular formula is C15H21BrN4O. The number of aryl methyl sites for hydroxylation is 1. The number of hydrogen-bond donors (Lipinski definition) is 1. The summed E-state index contributed by atoms with van der Waals surface area (Å²) in [5.41, 5.74) is 1.13. The highest BCUT2D eigenvalue weighted by atomic mass is 79.9. The SMILES string of the molecule is CCCOc1ccc(Br)cc1CNC(C)c1nncn1C. The van der Waals surface area contributed by atoms with E-state index in [1.54, 1.807) is 6.33 Å². The van der Waals surface area contributed by atoms with Crippen molar-refractivity contribution in [3.8, 4) is 5.75 Å². The van der Waals surface area contributed by atoms with E-state index < -0.39 is 0 Å². The zero-order chi connectivity index (χ0) is 15.2. The van der Waals surface area contributed by atoms with Crippen molar-refractivity contribution in [1.82, 2.24) is 20.1 Å². The zero-order valence-electron chi connectivity index (χ0n) is 12.6. The molecule has 0 aliphatic rings. The van der Waals surface area contributed by atoms with Gasteiger partial charge in [-0.15, -0.1) is 10.2 Å². The fourth-order valence-corrected chi connectivity index (χ4v) is 2.49. The number of aromatic nitrogens is 3. The lowest BCUT2D eigenvalue weighted by Gasteiger charge is -2.16. The molecule has 0 saturated carbocycles. The largest absolute Gasteiger partial charge is 0.493 e. The highest BCUT2D eigenvalue weighted by molar-refractivity contribution is 9.10. The van der Waals surface area contributed by atoms with Crippen LogP contribution in [0.25, 0.3) is 0 Å². The van der Waals surface area contributed by atoms with E-state index in [1.165, 1.54) is 0 Å². The van der Waals surface area contributed by atoms with Crippen molar-refractivity contribution in [1.29, 1.82) is 0 Å². The summed E-state index contributed by atoms with van der Waals surface area (Å²) in [6.07, 6.45) is 2.71. The van der Waals surface area contributed by atoms with E-state index in [2.05, 4.69) is 51.4 Å². The van der Waals surface area contributed by atoms with Crippen molar-refractivity contribution < 1.29 is 4.74 Å². The Morgan fingerprint density at radius 1 is 1.43 bits per heavy atom. The van der Waals surface area contributed by atoms with E-state index in [-0.39, 0.29) is 6.04 Å². The van der Waals surface area contributed by atoms with E-state index in [1.807, 2.05) is 23.7 Å². The minimum Gasteiger partial charge on any atom is -0.493 e. The van der Waals surface area contributed by atoms with Gasteiger partial charge in [0.2, 0.25) is 0 Å². The molecule has 0 amide bonds. The number of nitrogens with zero attached hydrogens (tertiary/aromatic N) is 3. The van der Waals surface area contributed by atoms with Crippen molar-refractivity contribution in [2.45, 2.75) is 32.9 Å². The zero-order valence-corrected chi connectivity index (χ0v) is 14.2. The van der Waals surface area contributed by atoms with Crippen LogP contribution in [-0.4, -0.2) is 21.4 Å². The van der Waals surface area contributed by atoms with Gasteiger partial charge < -0.3 is 14.6 Å². The first kappa shape index (κ1) is 16.0.